The summed E-state index contributed by atoms with van der Waals surface area (Å²) >= 11 is 0. The SMILES string of the molecule is O=C(COC(=O)Cc1ccc2c(c1)OCCO2)NC(=O)c1ccccc1. The van der Waals surface area contributed by atoms with Crippen LogP contribution in [-0.4, -0.2) is 37.6 Å². The van der Waals surface area contributed by atoms with Crippen molar-refractivity contribution >= 4 is 17.8 Å². The monoisotopic (exact) mass is 355 g/mol. The van der Waals surface area contributed by atoms with Gasteiger partial charge in [0.05, 0.1) is 6.42 Å². The molecular weight excluding hydrogens is 338 g/mol. The summed E-state index contributed by atoms with van der Waals surface area (Å²) in [6, 6.07) is 13.5. The van der Waals surface area contributed by atoms with Crippen LogP contribution in [0, 0.1) is 0 Å². The normalized spacial score (nSPS) is 12.2. The van der Waals surface area contributed by atoms with E-state index in [2.05, 4.69) is 5.32 Å². The molecule has 0 bridgehead atoms. The Kier molecular flexibility index (Phi) is 5.48. The van der Waals surface area contributed by atoms with Crippen molar-refractivity contribution < 1.29 is 28.6 Å². The van der Waals surface area contributed by atoms with Crippen LogP contribution in [0.5, 0.6) is 11.5 Å². The third-order valence-corrected chi connectivity index (χ3v) is 3.61. The topological polar surface area (TPSA) is 90.9 Å². The molecule has 0 unspecified atom stereocenters. The zero-order valence-corrected chi connectivity index (χ0v) is 13.9. The molecule has 0 fully saturated rings. The minimum atomic E-state index is -0.686. The molecule has 1 heterocycles. The Morgan fingerprint density at radius 3 is 2.46 bits per heavy atom. The van der Waals surface area contributed by atoms with E-state index in [4.69, 9.17) is 14.2 Å². The van der Waals surface area contributed by atoms with Gasteiger partial charge >= 0.3 is 5.97 Å². The van der Waals surface area contributed by atoms with Crippen LogP contribution in [0.2, 0.25) is 0 Å². The van der Waals surface area contributed by atoms with Crippen molar-refractivity contribution in [1.29, 1.82) is 0 Å². The lowest BCUT2D eigenvalue weighted by Crippen LogP contribution is -2.34. The standard InChI is InChI=1S/C19H17NO6/c21-17(20-19(23)14-4-2-1-3-5-14)12-26-18(22)11-13-6-7-15-16(10-13)25-9-8-24-15/h1-7,10H,8-9,11-12H2,(H,20,21,23). The summed E-state index contributed by atoms with van der Waals surface area (Å²) in [5.41, 5.74) is 1.03. The van der Waals surface area contributed by atoms with Gasteiger partial charge in [-0.15, -0.1) is 0 Å². The van der Waals surface area contributed by atoms with Crippen molar-refractivity contribution in [2.24, 2.45) is 0 Å². The van der Waals surface area contributed by atoms with Gasteiger partial charge in [-0.05, 0) is 29.8 Å². The predicted octanol–water partition coefficient (Wildman–Crippen LogP) is 1.50. The number of hydrogen-bond donors (Lipinski definition) is 1. The molecule has 0 aromatic heterocycles. The number of carbonyl (C=O) groups is 3. The first-order valence-electron chi connectivity index (χ1n) is 8.05. The fourth-order valence-electron chi connectivity index (χ4n) is 2.39. The number of carbonyl (C=O) groups excluding carboxylic acids is 3. The molecule has 0 radical (unpaired) electrons. The maximum atomic E-state index is 11.9. The maximum absolute atomic E-state index is 11.9. The van der Waals surface area contributed by atoms with Crippen molar-refractivity contribution in [3.8, 4) is 11.5 Å². The van der Waals surface area contributed by atoms with Crippen molar-refractivity contribution in [3.63, 3.8) is 0 Å². The highest BCUT2D eigenvalue weighted by Gasteiger charge is 2.15. The summed E-state index contributed by atoms with van der Waals surface area (Å²) in [7, 11) is 0. The van der Waals surface area contributed by atoms with Gasteiger partial charge in [-0.2, -0.15) is 0 Å². The minimum absolute atomic E-state index is 0.0173. The van der Waals surface area contributed by atoms with Crippen LogP contribution in [0.25, 0.3) is 0 Å². The Labute approximate surface area is 149 Å². The quantitative estimate of drug-likeness (QED) is 0.818. The number of esters is 1. The van der Waals surface area contributed by atoms with Gasteiger partial charge in [0.15, 0.2) is 18.1 Å². The van der Waals surface area contributed by atoms with E-state index in [1.54, 1.807) is 48.5 Å². The fraction of sp³-hybridized carbons (Fsp3) is 0.211. The highest BCUT2D eigenvalue weighted by molar-refractivity contribution is 6.05. The second-order valence-corrected chi connectivity index (χ2v) is 5.56. The van der Waals surface area contributed by atoms with Gasteiger partial charge in [0.1, 0.15) is 13.2 Å². The van der Waals surface area contributed by atoms with Crippen LogP contribution in [0.4, 0.5) is 0 Å². The molecule has 0 saturated carbocycles. The van der Waals surface area contributed by atoms with Crippen molar-refractivity contribution in [1.82, 2.24) is 5.32 Å². The van der Waals surface area contributed by atoms with Gasteiger partial charge in [-0.25, -0.2) is 0 Å². The molecule has 3 rings (SSSR count). The van der Waals surface area contributed by atoms with Gasteiger partial charge in [0.25, 0.3) is 11.8 Å². The molecule has 7 nitrogen and oxygen atoms in total. The molecule has 0 saturated heterocycles. The first kappa shape index (κ1) is 17.5. The summed E-state index contributed by atoms with van der Waals surface area (Å²) in [6.45, 7) is 0.420. The smallest absolute Gasteiger partial charge is 0.310 e. The predicted molar refractivity (Wildman–Crippen MR) is 91.0 cm³/mol. The third-order valence-electron chi connectivity index (χ3n) is 3.61. The zero-order chi connectivity index (χ0) is 18.4. The van der Waals surface area contributed by atoms with E-state index in [-0.39, 0.29) is 6.42 Å². The third kappa shape index (κ3) is 4.60. The molecule has 0 atom stereocenters. The number of amides is 2. The Morgan fingerprint density at radius 1 is 0.962 bits per heavy atom. The van der Waals surface area contributed by atoms with Crippen molar-refractivity contribution in [2.75, 3.05) is 19.8 Å². The highest BCUT2D eigenvalue weighted by atomic mass is 16.6. The molecule has 134 valence electrons. The number of rotatable bonds is 5. The molecule has 0 spiro atoms. The van der Waals surface area contributed by atoms with E-state index in [0.717, 1.165) is 0 Å². The number of benzene rings is 2. The number of imide groups is 1. The Balaban J connectivity index is 1.46. The Hall–Kier alpha value is -3.35. The lowest BCUT2D eigenvalue weighted by Gasteiger charge is -2.18. The van der Waals surface area contributed by atoms with E-state index in [0.29, 0.717) is 35.8 Å². The summed E-state index contributed by atoms with van der Waals surface area (Å²) in [5.74, 6) is -0.600. The molecule has 2 aromatic carbocycles. The van der Waals surface area contributed by atoms with Crippen LogP contribution in [-0.2, 0) is 20.7 Å². The average molecular weight is 355 g/mol. The van der Waals surface area contributed by atoms with Gasteiger partial charge in [0.2, 0.25) is 0 Å². The summed E-state index contributed by atoms with van der Waals surface area (Å²) < 4.78 is 15.8. The van der Waals surface area contributed by atoms with E-state index in [1.165, 1.54) is 0 Å². The Morgan fingerprint density at radius 2 is 1.69 bits per heavy atom. The van der Waals surface area contributed by atoms with Crippen molar-refractivity contribution in [2.45, 2.75) is 6.42 Å². The summed E-state index contributed by atoms with van der Waals surface area (Å²) in [5, 5.41) is 2.16. The van der Waals surface area contributed by atoms with Crippen LogP contribution in [0.1, 0.15) is 15.9 Å². The van der Waals surface area contributed by atoms with E-state index in [9.17, 15) is 14.4 Å². The molecular formula is C19H17NO6. The molecule has 0 aliphatic carbocycles. The number of ether oxygens (including phenoxy) is 3. The van der Waals surface area contributed by atoms with E-state index >= 15 is 0 Å². The number of fused-ring (bicyclic) bond motifs is 1. The molecule has 7 heteroatoms. The van der Waals surface area contributed by atoms with Gasteiger partial charge in [-0.1, -0.05) is 24.3 Å². The first-order chi connectivity index (χ1) is 12.6. The summed E-state index contributed by atoms with van der Waals surface area (Å²) in [6.07, 6.45) is -0.0173. The van der Waals surface area contributed by atoms with Crippen LogP contribution in [0.15, 0.2) is 48.5 Å². The molecule has 1 aliphatic heterocycles. The first-order valence-corrected chi connectivity index (χ1v) is 8.05. The van der Waals surface area contributed by atoms with Gasteiger partial charge in [0, 0.05) is 5.56 Å². The molecule has 2 aromatic rings. The second-order valence-electron chi connectivity index (χ2n) is 5.56. The van der Waals surface area contributed by atoms with E-state index in [1.807, 2.05) is 0 Å². The highest BCUT2D eigenvalue weighted by Crippen LogP contribution is 2.30. The fourth-order valence-corrected chi connectivity index (χ4v) is 2.39. The van der Waals surface area contributed by atoms with E-state index < -0.39 is 24.4 Å². The largest absolute Gasteiger partial charge is 0.486 e. The average Bonchev–Trinajstić information content (AvgIpc) is 2.67. The number of nitrogens with one attached hydrogen (secondary N) is 1. The van der Waals surface area contributed by atoms with Crippen molar-refractivity contribution in [3.05, 3.63) is 59.7 Å². The van der Waals surface area contributed by atoms with Crippen LogP contribution < -0.4 is 14.8 Å². The van der Waals surface area contributed by atoms with Gasteiger partial charge < -0.3 is 14.2 Å². The van der Waals surface area contributed by atoms with Crippen LogP contribution in [0.3, 0.4) is 0 Å². The minimum Gasteiger partial charge on any atom is -0.486 e. The Bertz CT molecular complexity index is 818. The lowest BCUT2D eigenvalue weighted by atomic mass is 10.1. The maximum Gasteiger partial charge on any atom is 0.310 e. The van der Waals surface area contributed by atoms with Crippen LogP contribution >= 0.6 is 0 Å². The zero-order valence-electron chi connectivity index (χ0n) is 13.9. The molecule has 1 N–H and O–H groups in total. The lowest BCUT2D eigenvalue weighted by molar-refractivity contribution is -0.147. The molecule has 26 heavy (non-hydrogen) atoms. The molecule has 1 aliphatic rings. The second kappa shape index (κ2) is 8.15. The molecule has 2 amide bonds. The van der Waals surface area contributed by atoms with Gasteiger partial charge in [-0.3, -0.25) is 19.7 Å². The number of hydrogen-bond acceptors (Lipinski definition) is 6. The summed E-state index contributed by atoms with van der Waals surface area (Å²) in [4.78, 5) is 35.4.